The second kappa shape index (κ2) is 11.8. The molecule has 2 saturated carbocycles. The number of benzene rings is 1. The molecule has 0 bridgehead atoms. The molecule has 156 valence electrons. The fourth-order valence-electron chi connectivity index (χ4n) is 5.48. The largest absolute Gasteiger partial charge is 0.251 e. The average Bonchev–Trinajstić information content (AvgIpc) is 2.76. The van der Waals surface area contributed by atoms with Crippen molar-refractivity contribution in [1.29, 1.82) is 0 Å². The van der Waals surface area contributed by atoms with Crippen molar-refractivity contribution in [1.82, 2.24) is 0 Å². The minimum atomic E-state index is -0.205. The van der Waals surface area contributed by atoms with E-state index in [1.807, 2.05) is 0 Å². The van der Waals surface area contributed by atoms with Crippen molar-refractivity contribution in [3.63, 3.8) is 0 Å². The predicted molar refractivity (Wildman–Crippen MR) is 120 cm³/mol. The summed E-state index contributed by atoms with van der Waals surface area (Å²) in [6.07, 6.45) is 21.8. The van der Waals surface area contributed by atoms with Gasteiger partial charge < -0.3 is 0 Å². The lowest BCUT2D eigenvalue weighted by Crippen LogP contribution is -2.17. The molecule has 0 spiro atoms. The van der Waals surface area contributed by atoms with Crippen LogP contribution in [0.2, 0.25) is 0 Å². The number of hydrogen-bond acceptors (Lipinski definition) is 0. The first kappa shape index (κ1) is 21.6. The first-order valence-corrected chi connectivity index (χ1v) is 12.1. The van der Waals surface area contributed by atoms with E-state index in [1.165, 1.54) is 81.8 Å². The Kier molecular flexibility index (Phi) is 9.09. The van der Waals surface area contributed by atoms with Crippen LogP contribution in [-0.2, 0) is 6.42 Å². The summed E-state index contributed by atoms with van der Waals surface area (Å²) in [5, 5.41) is 0. The van der Waals surface area contributed by atoms with Gasteiger partial charge in [0.1, 0.15) is 0 Å². The molecular formula is C27H41F. The Morgan fingerprint density at radius 2 is 1.46 bits per heavy atom. The van der Waals surface area contributed by atoms with Crippen molar-refractivity contribution in [2.75, 3.05) is 6.67 Å². The fourth-order valence-corrected chi connectivity index (χ4v) is 5.48. The van der Waals surface area contributed by atoms with Crippen LogP contribution in [0.5, 0.6) is 0 Å². The summed E-state index contributed by atoms with van der Waals surface area (Å²) in [7, 11) is 0. The number of halogens is 1. The summed E-state index contributed by atoms with van der Waals surface area (Å²) in [6.45, 7) is 2.03. The molecule has 0 aromatic heterocycles. The van der Waals surface area contributed by atoms with E-state index >= 15 is 0 Å². The molecule has 0 atom stereocenters. The highest BCUT2D eigenvalue weighted by Crippen LogP contribution is 2.40. The van der Waals surface area contributed by atoms with Gasteiger partial charge in [0.15, 0.2) is 0 Å². The van der Waals surface area contributed by atoms with Gasteiger partial charge in [0.05, 0.1) is 6.67 Å². The van der Waals surface area contributed by atoms with Crippen molar-refractivity contribution in [2.24, 2.45) is 17.8 Å². The second-order valence-electron chi connectivity index (χ2n) is 9.45. The first-order valence-electron chi connectivity index (χ1n) is 12.1. The summed E-state index contributed by atoms with van der Waals surface area (Å²) < 4.78 is 12.3. The minimum Gasteiger partial charge on any atom is -0.251 e. The van der Waals surface area contributed by atoms with Gasteiger partial charge in [-0.05, 0) is 105 Å². The number of alkyl halides is 1. The Labute approximate surface area is 173 Å². The molecule has 1 heteroatoms. The number of rotatable bonds is 9. The molecule has 2 aliphatic carbocycles. The number of hydrogen-bond donors (Lipinski definition) is 0. The molecule has 0 nitrogen and oxygen atoms in total. The maximum Gasteiger partial charge on any atom is 0.0897 e. The molecular weight excluding hydrogens is 343 g/mol. The van der Waals surface area contributed by atoms with Crippen LogP contribution in [0.15, 0.2) is 36.4 Å². The van der Waals surface area contributed by atoms with E-state index in [4.69, 9.17) is 0 Å². The maximum atomic E-state index is 12.3. The van der Waals surface area contributed by atoms with E-state index < -0.39 is 0 Å². The topological polar surface area (TPSA) is 0 Å². The highest BCUT2D eigenvalue weighted by Gasteiger charge is 2.24. The van der Waals surface area contributed by atoms with E-state index in [1.54, 1.807) is 0 Å². The lowest BCUT2D eigenvalue weighted by Gasteiger charge is -2.31. The Balaban J connectivity index is 1.34. The van der Waals surface area contributed by atoms with Gasteiger partial charge in [0.2, 0.25) is 0 Å². The average molecular weight is 385 g/mol. The van der Waals surface area contributed by atoms with Gasteiger partial charge in [-0.1, -0.05) is 56.2 Å². The monoisotopic (exact) mass is 384 g/mol. The van der Waals surface area contributed by atoms with Gasteiger partial charge in [0, 0.05) is 0 Å². The van der Waals surface area contributed by atoms with Crippen LogP contribution in [-0.4, -0.2) is 6.67 Å². The minimum absolute atomic E-state index is 0.205. The zero-order chi connectivity index (χ0) is 19.6. The van der Waals surface area contributed by atoms with Gasteiger partial charge in [-0.2, -0.15) is 0 Å². The highest BCUT2D eigenvalue weighted by molar-refractivity contribution is 5.26. The fraction of sp³-hybridized carbons (Fsp3) is 0.704. The van der Waals surface area contributed by atoms with Crippen LogP contribution in [0.25, 0.3) is 0 Å². The van der Waals surface area contributed by atoms with Gasteiger partial charge in [0.25, 0.3) is 0 Å². The molecule has 0 amide bonds. The van der Waals surface area contributed by atoms with Crippen molar-refractivity contribution in [2.45, 2.75) is 96.3 Å². The quantitative estimate of drug-likeness (QED) is 0.375. The highest BCUT2D eigenvalue weighted by atomic mass is 19.1. The molecule has 2 fully saturated rings. The van der Waals surface area contributed by atoms with Crippen LogP contribution < -0.4 is 0 Å². The Morgan fingerprint density at radius 3 is 2.04 bits per heavy atom. The van der Waals surface area contributed by atoms with E-state index in [0.29, 0.717) is 6.42 Å². The smallest absolute Gasteiger partial charge is 0.0897 e. The lowest BCUT2D eigenvalue weighted by molar-refractivity contribution is 0.246. The molecule has 1 aromatic carbocycles. The zero-order valence-electron chi connectivity index (χ0n) is 18.1. The van der Waals surface area contributed by atoms with Crippen LogP contribution in [0, 0.1) is 17.8 Å². The third kappa shape index (κ3) is 6.75. The SMILES string of the molecule is CCC=CC1CCC(CCC2CCC(c3ccc(CCCF)cc3)CC2)CC1. The maximum absolute atomic E-state index is 12.3. The third-order valence-electron chi connectivity index (χ3n) is 7.42. The number of aryl methyl sites for hydroxylation is 1. The summed E-state index contributed by atoms with van der Waals surface area (Å²) in [4.78, 5) is 0. The second-order valence-corrected chi connectivity index (χ2v) is 9.45. The Morgan fingerprint density at radius 1 is 0.857 bits per heavy atom. The molecule has 0 heterocycles. The van der Waals surface area contributed by atoms with Crippen molar-refractivity contribution < 1.29 is 4.39 Å². The lowest BCUT2D eigenvalue weighted by atomic mass is 9.74. The molecule has 0 aliphatic heterocycles. The summed E-state index contributed by atoms with van der Waals surface area (Å²) in [5.74, 6) is 3.60. The predicted octanol–water partition coefficient (Wildman–Crippen LogP) is 8.42. The Hall–Kier alpha value is -1.11. The van der Waals surface area contributed by atoms with Gasteiger partial charge in [-0.3, -0.25) is 4.39 Å². The van der Waals surface area contributed by atoms with Gasteiger partial charge in [-0.15, -0.1) is 0 Å². The summed E-state index contributed by atoms with van der Waals surface area (Å²) in [6, 6.07) is 9.07. The molecule has 28 heavy (non-hydrogen) atoms. The molecule has 3 rings (SSSR count). The van der Waals surface area contributed by atoms with Crippen molar-refractivity contribution >= 4 is 0 Å². The van der Waals surface area contributed by atoms with Gasteiger partial charge >= 0.3 is 0 Å². The molecule has 0 unspecified atom stereocenters. The van der Waals surface area contributed by atoms with Crippen molar-refractivity contribution in [3.05, 3.63) is 47.5 Å². The van der Waals surface area contributed by atoms with Crippen LogP contribution >= 0.6 is 0 Å². The number of allylic oxidation sites excluding steroid dienone is 2. The molecule has 1 aromatic rings. The van der Waals surface area contributed by atoms with Crippen LogP contribution in [0.4, 0.5) is 4.39 Å². The molecule has 0 radical (unpaired) electrons. The third-order valence-corrected chi connectivity index (χ3v) is 7.42. The first-order chi connectivity index (χ1) is 13.8. The van der Waals surface area contributed by atoms with Crippen molar-refractivity contribution in [3.8, 4) is 0 Å². The summed E-state index contributed by atoms with van der Waals surface area (Å²) in [5.41, 5.74) is 2.80. The van der Waals surface area contributed by atoms with E-state index in [2.05, 4.69) is 43.3 Å². The molecule has 0 N–H and O–H groups in total. The van der Waals surface area contributed by atoms with Gasteiger partial charge in [-0.25, -0.2) is 0 Å². The van der Waals surface area contributed by atoms with E-state index in [0.717, 1.165) is 30.1 Å². The van der Waals surface area contributed by atoms with Crippen LogP contribution in [0.3, 0.4) is 0 Å². The Bertz CT molecular complexity index is 556. The van der Waals surface area contributed by atoms with Crippen LogP contribution in [0.1, 0.15) is 101 Å². The van der Waals surface area contributed by atoms with E-state index in [9.17, 15) is 4.39 Å². The molecule has 2 aliphatic rings. The van der Waals surface area contributed by atoms with E-state index in [-0.39, 0.29) is 6.67 Å². The normalized spacial score (nSPS) is 28.6. The zero-order valence-corrected chi connectivity index (χ0v) is 18.1. The summed E-state index contributed by atoms with van der Waals surface area (Å²) >= 11 is 0. The standard InChI is InChI=1S/C27H41F/c1-2-3-5-22-7-9-24(10-8-22)11-12-25-15-19-27(20-16-25)26-17-13-23(14-18-26)6-4-21-28/h3,5,13-14,17-18,22,24-25,27H,2,4,6-12,15-16,19-21H2,1H3. The molecule has 0 saturated heterocycles.